The van der Waals surface area contributed by atoms with Crippen molar-refractivity contribution in [1.82, 2.24) is 44.4 Å². The Morgan fingerprint density at radius 3 is 1.07 bits per heavy atom. The Morgan fingerprint density at radius 2 is 0.672 bits per heavy atom. The van der Waals surface area contributed by atoms with Crippen molar-refractivity contribution in [2.75, 3.05) is 0 Å². The van der Waals surface area contributed by atoms with Crippen molar-refractivity contribution in [2.45, 2.75) is 0 Å². The molecule has 0 N–H and O–H groups in total. The number of fused-ring (bicyclic) bond motifs is 1. The summed E-state index contributed by atoms with van der Waals surface area (Å²) in [7, 11) is 0. The molecule has 0 bridgehead atoms. The fourth-order valence-electron chi connectivity index (χ4n) is 6.91. The SMILES string of the molecule is Fc1ccc(-c2nc(-c3ccc(F)cc3)nc(-c3cc(-c4nc(-c5ccc(F)cc5)nc(-c5ccc(F)cc5)n4)cc(-c4nc5ccccc5n4-c4ccncc4)c3)n2)cc1. The summed E-state index contributed by atoms with van der Waals surface area (Å²) in [4.78, 5) is 38.4. The lowest BCUT2D eigenvalue weighted by Crippen LogP contribution is -2.03. The summed E-state index contributed by atoms with van der Waals surface area (Å²) >= 11 is 0. The van der Waals surface area contributed by atoms with E-state index in [1.165, 1.54) is 48.5 Å². The van der Waals surface area contributed by atoms with Gasteiger partial charge in [0.25, 0.3) is 0 Å². The Hall–Kier alpha value is -8.32. The van der Waals surface area contributed by atoms with Crippen LogP contribution in [-0.2, 0) is 0 Å². The predicted molar refractivity (Wildman–Crippen MR) is 224 cm³/mol. The lowest BCUT2D eigenvalue weighted by molar-refractivity contribution is 0.627. The van der Waals surface area contributed by atoms with Gasteiger partial charge >= 0.3 is 0 Å². The van der Waals surface area contributed by atoms with Gasteiger partial charge in [-0.3, -0.25) is 9.55 Å². The minimum absolute atomic E-state index is 0.231. The molecule has 0 atom stereocenters. The smallest absolute Gasteiger partial charge is 0.164 e. The number of rotatable bonds is 8. The zero-order valence-corrected chi connectivity index (χ0v) is 31.6. The molecule has 4 heterocycles. The normalized spacial score (nSPS) is 11.3. The van der Waals surface area contributed by atoms with Crippen LogP contribution >= 0.6 is 0 Å². The van der Waals surface area contributed by atoms with E-state index >= 15 is 0 Å². The van der Waals surface area contributed by atoms with Crippen LogP contribution in [0.1, 0.15) is 0 Å². The van der Waals surface area contributed by atoms with Crippen LogP contribution in [0, 0.1) is 23.3 Å². The predicted octanol–water partition coefficient (Wildman–Crippen LogP) is 11.0. The highest BCUT2D eigenvalue weighted by Gasteiger charge is 2.21. The van der Waals surface area contributed by atoms with Crippen molar-refractivity contribution in [3.63, 3.8) is 0 Å². The molecule has 0 aliphatic rings. The fraction of sp³-hybridized carbons (Fsp3) is 0. The molecule has 13 heteroatoms. The summed E-state index contributed by atoms with van der Waals surface area (Å²) < 4.78 is 58.5. The molecule has 6 aromatic carbocycles. The van der Waals surface area contributed by atoms with E-state index in [2.05, 4.69) is 4.98 Å². The van der Waals surface area contributed by atoms with Gasteiger partial charge in [0, 0.05) is 51.3 Å². The van der Waals surface area contributed by atoms with E-state index in [-0.39, 0.29) is 34.9 Å². The van der Waals surface area contributed by atoms with Crippen LogP contribution in [0.4, 0.5) is 17.6 Å². The number of aromatic nitrogens is 9. The van der Waals surface area contributed by atoms with Crippen molar-refractivity contribution in [3.05, 3.63) is 187 Å². The third-order valence-electron chi connectivity index (χ3n) is 9.87. The highest BCUT2D eigenvalue weighted by atomic mass is 19.1. The number of hydrogen-bond acceptors (Lipinski definition) is 8. The first-order valence-electron chi connectivity index (χ1n) is 18.9. The summed E-state index contributed by atoms with van der Waals surface area (Å²) in [6.07, 6.45) is 3.40. The number of imidazole rings is 1. The molecule has 0 aliphatic carbocycles. The molecule has 10 rings (SSSR count). The number of halogens is 4. The van der Waals surface area contributed by atoms with E-state index in [1.54, 1.807) is 60.9 Å². The molecule has 0 amide bonds. The topological polar surface area (TPSA) is 108 Å². The lowest BCUT2D eigenvalue weighted by Gasteiger charge is -2.14. The van der Waals surface area contributed by atoms with E-state index in [0.29, 0.717) is 44.8 Å². The van der Waals surface area contributed by atoms with Crippen LogP contribution in [0.25, 0.3) is 96.4 Å². The van der Waals surface area contributed by atoms with Gasteiger partial charge in [0.1, 0.15) is 29.1 Å². The second-order valence-corrected chi connectivity index (χ2v) is 13.9. The monoisotopic (exact) mass is 805 g/mol. The minimum Gasteiger partial charge on any atom is -0.292 e. The average Bonchev–Trinajstić information content (AvgIpc) is 3.70. The Bertz CT molecular complexity index is 2930. The fourth-order valence-corrected chi connectivity index (χ4v) is 6.91. The first-order chi connectivity index (χ1) is 29.8. The molecular formula is C48H27F4N9. The summed E-state index contributed by atoms with van der Waals surface area (Å²) in [6.45, 7) is 0. The molecule has 0 unspecified atom stereocenters. The van der Waals surface area contributed by atoms with Gasteiger partial charge in [-0.05, 0) is 140 Å². The first-order valence-corrected chi connectivity index (χ1v) is 18.9. The number of pyridine rings is 1. The summed E-state index contributed by atoms with van der Waals surface area (Å²) in [5.74, 6) is 0.309. The van der Waals surface area contributed by atoms with Gasteiger partial charge in [-0.2, -0.15) is 0 Å². The molecule has 9 nitrogen and oxygen atoms in total. The lowest BCUT2D eigenvalue weighted by atomic mass is 10.0. The summed E-state index contributed by atoms with van der Waals surface area (Å²) in [5.41, 5.74) is 6.10. The van der Waals surface area contributed by atoms with E-state index in [9.17, 15) is 17.6 Å². The summed E-state index contributed by atoms with van der Waals surface area (Å²) in [5, 5.41) is 0. The molecule has 292 valence electrons. The first kappa shape index (κ1) is 37.0. The van der Waals surface area contributed by atoms with Crippen LogP contribution in [-0.4, -0.2) is 44.4 Å². The number of benzene rings is 6. The maximum atomic E-state index is 14.1. The Labute approximate surface area is 344 Å². The molecule has 0 saturated heterocycles. The van der Waals surface area contributed by atoms with Gasteiger partial charge in [-0.25, -0.2) is 52.4 Å². The molecule has 4 aromatic heterocycles. The quantitative estimate of drug-likeness (QED) is 0.140. The van der Waals surface area contributed by atoms with Crippen molar-refractivity contribution in [2.24, 2.45) is 0 Å². The Balaban J connectivity index is 1.26. The van der Waals surface area contributed by atoms with Gasteiger partial charge in [-0.1, -0.05) is 12.1 Å². The van der Waals surface area contributed by atoms with E-state index in [4.69, 9.17) is 34.9 Å². The highest BCUT2D eigenvalue weighted by molar-refractivity contribution is 5.86. The summed E-state index contributed by atoms with van der Waals surface area (Å²) in [6, 6.07) is 40.2. The third kappa shape index (κ3) is 7.47. The van der Waals surface area contributed by atoms with E-state index in [1.807, 2.05) is 59.2 Å². The second-order valence-electron chi connectivity index (χ2n) is 13.9. The number of para-hydroxylation sites is 2. The van der Waals surface area contributed by atoms with Crippen molar-refractivity contribution >= 4 is 11.0 Å². The van der Waals surface area contributed by atoms with E-state index in [0.717, 1.165) is 16.7 Å². The third-order valence-corrected chi connectivity index (χ3v) is 9.87. The number of nitrogens with zero attached hydrogens (tertiary/aromatic N) is 9. The molecule has 0 spiro atoms. The standard InChI is InChI=1S/C48H27F4N9/c49-35-13-5-28(6-14-35)42-55-43(29-7-15-36(50)16-8-29)58-46(57-42)32-25-33(27-34(26-32)48-54-40-3-1-2-4-41(40)61(48)39-21-23-53-24-22-39)47-59-44(30-9-17-37(51)18-10-30)56-45(60-47)31-11-19-38(52)20-12-31/h1-27H. The number of hydrogen-bond donors (Lipinski definition) is 0. The van der Waals surface area contributed by atoms with Gasteiger partial charge in [0.2, 0.25) is 0 Å². The van der Waals surface area contributed by atoms with Crippen molar-refractivity contribution in [1.29, 1.82) is 0 Å². The molecule has 0 aliphatic heterocycles. The maximum Gasteiger partial charge on any atom is 0.164 e. The molecule has 0 radical (unpaired) electrons. The molecule has 0 fully saturated rings. The highest BCUT2D eigenvalue weighted by Crippen LogP contribution is 2.36. The van der Waals surface area contributed by atoms with Crippen LogP contribution in [0.2, 0.25) is 0 Å². The van der Waals surface area contributed by atoms with Gasteiger partial charge in [0.05, 0.1) is 16.7 Å². The van der Waals surface area contributed by atoms with Crippen LogP contribution < -0.4 is 0 Å². The second kappa shape index (κ2) is 15.5. The van der Waals surface area contributed by atoms with E-state index < -0.39 is 23.3 Å². The Kier molecular flexibility index (Phi) is 9.37. The van der Waals surface area contributed by atoms with Crippen LogP contribution in [0.15, 0.2) is 164 Å². The molecule has 10 aromatic rings. The molecular weight excluding hydrogens is 779 g/mol. The zero-order chi connectivity index (χ0) is 41.5. The largest absolute Gasteiger partial charge is 0.292 e. The van der Waals surface area contributed by atoms with Crippen LogP contribution in [0.3, 0.4) is 0 Å². The van der Waals surface area contributed by atoms with Crippen molar-refractivity contribution in [3.8, 4) is 85.4 Å². The maximum absolute atomic E-state index is 14.1. The minimum atomic E-state index is -0.427. The average molecular weight is 806 g/mol. The van der Waals surface area contributed by atoms with Crippen molar-refractivity contribution < 1.29 is 17.6 Å². The van der Waals surface area contributed by atoms with Crippen LogP contribution in [0.5, 0.6) is 0 Å². The van der Waals surface area contributed by atoms with Gasteiger partial charge < -0.3 is 0 Å². The van der Waals surface area contributed by atoms with Gasteiger partial charge in [0.15, 0.2) is 34.9 Å². The Morgan fingerprint density at radius 1 is 0.328 bits per heavy atom. The zero-order valence-electron chi connectivity index (χ0n) is 31.6. The molecule has 0 saturated carbocycles. The van der Waals surface area contributed by atoms with Gasteiger partial charge in [-0.15, -0.1) is 0 Å². The molecule has 61 heavy (non-hydrogen) atoms.